The standard InChI is InChI=1S/C19H25BClNO4/c1-6-24-16(23)10-13(20-25-18(2,3)19(4,5)26-20)12-11-22-15-9-7-8-14(21)17(12)15/h7-9,11,13,22H,6,10H2,1-5H3. The molecule has 1 atom stereocenters. The molecular formula is C19H25BClNO4. The van der Waals surface area contributed by atoms with Gasteiger partial charge in [-0.2, -0.15) is 0 Å². The molecule has 1 aromatic heterocycles. The zero-order valence-electron chi connectivity index (χ0n) is 15.9. The van der Waals surface area contributed by atoms with Crippen LogP contribution in [-0.2, 0) is 18.8 Å². The summed E-state index contributed by atoms with van der Waals surface area (Å²) in [7, 11) is -0.570. The first-order chi connectivity index (χ1) is 12.2. The maximum atomic E-state index is 12.3. The van der Waals surface area contributed by atoms with Crippen molar-refractivity contribution in [1.29, 1.82) is 0 Å². The van der Waals surface area contributed by atoms with E-state index in [0.29, 0.717) is 11.6 Å². The zero-order valence-corrected chi connectivity index (χ0v) is 16.6. The monoisotopic (exact) mass is 377 g/mol. The number of carbonyl (C=O) groups is 1. The first kappa shape index (κ1) is 19.3. The topological polar surface area (TPSA) is 60.6 Å². The Morgan fingerprint density at radius 1 is 1.27 bits per heavy atom. The fourth-order valence-electron chi connectivity index (χ4n) is 3.26. The van der Waals surface area contributed by atoms with Crippen LogP contribution in [0.15, 0.2) is 24.4 Å². The summed E-state index contributed by atoms with van der Waals surface area (Å²) in [4.78, 5) is 15.5. The van der Waals surface area contributed by atoms with Crippen LogP contribution in [0.3, 0.4) is 0 Å². The summed E-state index contributed by atoms with van der Waals surface area (Å²) in [5, 5.41) is 1.52. The summed E-state index contributed by atoms with van der Waals surface area (Å²) in [6, 6.07) is 5.68. The third-order valence-electron chi connectivity index (χ3n) is 5.38. The van der Waals surface area contributed by atoms with E-state index in [4.69, 9.17) is 25.6 Å². The Hall–Kier alpha value is -1.50. The van der Waals surface area contributed by atoms with Gasteiger partial charge in [0, 0.05) is 22.9 Å². The van der Waals surface area contributed by atoms with E-state index in [-0.39, 0.29) is 18.2 Å². The Bertz CT molecular complexity index is 801. The number of benzene rings is 1. The summed E-state index contributed by atoms with van der Waals surface area (Å²) >= 11 is 6.45. The van der Waals surface area contributed by atoms with Crippen LogP contribution in [0.5, 0.6) is 0 Å². The zero-order chi connectivity index (χ0) is 19.1. The molecule has 2 heterocycles. The number of rotatable bonds is 5. The first-order valence-electron chi connectivity index (χ1n) is 8.93. The van der Waals surface area contributed by atoms with Gasteiger partial charge < -0.3 is 19.0 Å². The van der Waals surface area contributed by atoms with Crippen LogP contribution in [-0.4, -0.2) is 35.9 Å². The van der Waals surface area contributed by atoms with Crippen LogP contribution in [0.1, 0.15) is 52.4 Å². The van der Waals surface area contributed by atoms with Gasteiger partial charge in [0.15, 0.2) is 0 Å². The molecule has 3 rings (SSSR count). The van der Waals surface area contributed by atoms with Gasteiger partial charge in [-0.1, -0.05) is 17.7 Å². The van der Waals surface area contributed by atoms with Crippen LogP contribution < -0.4 is 0 Å². The van der Waals surface area contributed by atoms with Gasteiger partial charge in [-0.3, -0.25) is 4.79 Å². The quantitative estimate of drug-likeness (QED) is 0.616. The third kappa shape index (κ3) is 3.38. The second kappa shape index (κ2) is 6.91. The number of H-pyrrole nitrogens is 1. The first-order valence-corrected chi connectivity index (χ1v) is 9.31. The molecule has 1 saturated heterocycles. The second-order valence-electron chi connectivity index (χ2n) is 7.65. The lowest BCUT2D eigenvalue weighted by molar-refractivity contribution is -0.143. The molecule has 2 aromatic rings. The molecule has 1 fully saturated rings. The smallest absolute Gasteiger partial charge is 0.466 e. The van der Waals surface area contributed by atoms with Crippen molar-refractivity contribution in [3.8, 4) is 0 Å². The predicted molar refractivity (Wildman–Crippen MR) is 103 cm³/mol. The van der Waals surface area contributed by atoms with Gasteiger partial charge in [-0.15, -0.1) is 0 Å². The number of nitrogens with one attached hydrogen (secondary N) is 1. The van der Waals surface area contributed by atoms with E-state index in [9.17, 15) is 4.79 Å². The molecule has 5 nitrogen and oxygen atoms in total. The largest absolute Gasteiger partial charge is 0.466 e. The molecule has 1 N–H and O–H groups in total. The molecule has 7 heteroatoms. The van der Waals surface area contributed by atoms with E-state index in [2.05, 4.69) is 4.98 Å². The molecule has 0 bridgehead atoms. The highest BCUT2D eigenvalue weighted by atomic mass is 35.5. The van der Waals surface area contributed by atoms with Crippen molar-refractivity contribution in [2.75, 3.05) is 6.61 Å². The van der Waals surface area contributed by atoms with Crippen molar-refractivity contribution >= 4 is 35.6 Å². The Morgan fingerprint density at radius 3 is 2.54 bits per heavy atom. The number of fused-ring (bicyclic) bond motifs is 1. The highest BCUT2D eigenvalue weighted by Gasteiger charge is 2.54. The molecule has 140 valence electrons. The van der Waals surface area contributed by atoms with Crippen LogP contribution in [0, 0.1) is 0 Å². The maximum absolute atomic E-state index is 12.3. The molecule has 0 aliphatic carbocycles. The fourth-order valence-corrected chi connectivity index (χ4v) is 3.55. The lowest BCUT2D eigenvalue weighted by Gasteiger charge is -2.32. The molecule has 1 aliphatic heterocycles. The molecule has 0 amide bonds. The number of esters is 1. The second-order valence-corrected chi connectivity index (χ2v) is 8.05. The minimum atomic E-state index is -0.570. The van der Waals surface area contributed by atoms with Gasteiger partial charge in [0.1, 0.15) is 0 Å². The highest BCUT2D eigenvalue weighted by molar-refractivity contribution is 6.48. The van der Waals surface area contributed by atoms with Gasteiger partial charge in [-0.05, 0) is 52.3 Å². The van der Waals surface area contributed by atoms with Crippen LogP contribution in [0.25, 0.3) is 10.9 Å². The van der Waals surface area contributed by atoms with Gasteiger partial charge in [0.25, 0.3) is 0 Å². The van der Waals surface area contributed by atoms with Crippen molar-refractivity contribution in [2.45, 2.75) is 58.1 Å². The summed E-state index contributed by atoms with van der Waals surface area (Å²) in [6.07, 6.45) is 2.04. The summed E-state index contributed by atoms with van der Waals surface area (Å²) in [6.45, 7) is 10.1. The number of ether oxygens (including phenoxy) is 1. The number of hydrogen-bond acceptors (Lipinski definition) is 4. The van der Waals surface area contributed by atoms with E-state index in [1.54, 1.807) is 6.92 Å². The highest BCUT2D eigenvalue weighted by Crippen LogP contribution is 2.43. The SMILES string of the molecule is CCOC(=O)CC(B1OC(C)(C)C(C)(C)O1)c1c[nH]c2cccc(Cl)c12. The van der Waals surface area contributed by atoms with Crippen molar-refractivity contribution in [3.63, 3.8) is 0 Å². The normalized spacial score (nSPS) is 19.7. The molecule has 0 saturated carbocycles. The van der Waals surface area contributed by atoms with Gasteiger partial charge in [0.2, 0.25) is 0 Å². The number of halogens is 1. The molecule has 0 spiro atoms. The average molecular weight is 378 g/mol. The van der Waals surface area contributed by atoms with E-state index < -0.39 is 18.3 Å². The fraction of sp³-hybridized carbons (Fsp3) is 0.526. The number of aromatic nitrogens is 1. The summed E-state index contributed by atoms with van der Waals surface area (Å²) in [5.74, 6) is -0.614. The minimum absolute atomic E-state index is 0.156. The average Bonchev–Trinajstić information content (AvgIpc) is 3.05. The molecule has 0 radical (unpaired) electrons. The minimum Gasteiger partial charge on any atom is -0.466 e. The van der Waals surface area contributed by atoms with E-state index >= 15 is 0 Å². The van der Waals surface area contributed by atoms with Gasteiger partial charge in [-0.25, -0.2) is 0 Å². The molecule has 1 aliphatic rings. The third-order valence-corrected chi connectivity index (χ3v) is 5.69. The summed E-state index contributed by atoms with van der Waals surface area (Å²) in [5.41, 5.74) is 0.844. The van der Waals surface area contributed by atoms with Crippen LogP contribution >= 0.6 is 11.6 Å². The Morgan fingerprint density at radius 2 is 1.92 bits per heavy atom. The van der Waals surface area contributed by atoms with Crippen LogP contribution in [0.4, 0.5) is 0 Å². The Labute approximate surface area is 159 Å². The van der Waals surface area contributed by atoms with Crippen molar-refractivity contribution in [1.82, 2.24) is 4.98 Å². The van der Waals surface area contributed by atoms with Crippen molar-refractivity contribution < 1.29 is 18.8 Å². The van der Waals surface area contributed by atoms with E-state index in [1.807, 2.05) is 52.1 Å². The van der Waals surface area contributed by atoms with Gasteiger partial charge >= 0.3 is 13.1 Å². The van der Waals surface area contributed by atoms with Gasteiger partial charge in [0.05, 0.1) is 29.3 Å². The summed E-state index contributed by atoms with van der Waals surface area (Å²) < 4.78 is 17.6. The van der Waals surface area contributed by atoms with Crippen molar-refractivity contribution in [3.05, 3.63) is 35.0 Å². The maximum Gasteiger partial charge on any atom is 0.466 e. The van der Waals surface area contributed by atoms with Crippen molar-refractivity contribution in [2.24, 2.45) is 0 Å². The van der Waals surface area contributed by atoms with Crippen LogP contribution in [0.2, 0.25) is 5.02 Å². The Kier molecular flexibility index (Phi) is 5.12. The molecular weight excluding hydrogens is 352 g/mol. The number of carbonyl (C=O) groups excluding carboxylic acids is 1. The molecule has 26 heavy (non-hydrogen) atoms. The lowest BCUT2D eigenvalue weighted by Crippen LogP contribution is -2.41. The number of hydrogen-bond donors (Lipinski definition) is 1. The molecule has 1 unspecified atom stereocenters. The number of aromatic amines is 1. The Balaban J connectivity index is 2.03. The van der Waals surface area contributed by atoms with E-state index in [1.165, 1.54) is 0 Å². The van der Waals surface area contributed by atoms with E-state index in [0.717, 1.165) is 16.5 Å². The lowest BCUT2D eigenvalue weighted by atomic mass is 9.66. The molecule has 1 aromatic carbocycles. The predicted octanol–water partition coefficient (Wildman–Crippen LogP) is 4.49.